The molecule has 1 amide bonds. The molecule has 5 heteroatoms. The van der Waals surface area contributed by atoms with Crippen LogP contribution in [0.1, 0.15) is 40.5 Å². The van der Waals surface area contributed by atoms with Gasteiger partial charge in [-0.15, -0.1) is 0 Å². The van der Waals surface area contributed by atoms with Gasteiger partial charge < -0.3 is 19.9 Å². The van der Waals surface area contributed by atoms with Crippen LogP contribution in [0.2, 0.25) is 0 Å². The van der Waals surface area contributed by atoms with Crippen molar-refractivity contribution in [2.45, 2.75) is 58.2 Å². The molecule has 0 unspecified atom stereocenters. The molecule has 0 atom stereocenters. The molecule has 2 rings (SSSR count). The molecule has 116 valence electrons. The number of piperidine rings is 1. The molecule has 0 aromatic carbocycles. The SMILES string of the molecule is CCN1CCC(NC2CN(C(=O)OC(C)(C)C)C2)CC1. The fourth-order valence-corrected chi connectivity index (χ4v) is 2.81. The highest BCUT2D eigenvalue weighted by atomic mass is 16.6. The van der Waals surface area contributed by atoms with Crippen molar-refractivity contribution in [2.24, 2.45) is 0 Å². The summed E-state index contributed by atoms with van der Waals surface area (Å²) in [5.41, 5.74) is -0.400. The number of rotatable bonds is 3. The van der Waals surface area contributed by atoms with Crippen LogP contribution in [0.5, 0.6) is 0 Å². The summed E-state index contributed by atoms with van der Waals surface area (Å²) in [5, 5.41) is 3.67. The summed E-state index contributed by atoms with van der Waals surface area (Å²) in [6, 6.07) is 1.06. The molecule has 0 saturated carbocycles. The molecule has 0 aromatic heterocycles. The second kappa shape index (κ2) is 6.31. The molecule has 20 heavy (non-hydrogen) atoms. The van der Waals surface area contributed by atoms with Crippen molar-refractivity contribution in [1.29, 1.82) is 0 Å². The number of carbonyl (C=O) groups is 1. The Balaban J connectivity index is 1.63. The summed E-state index contributed by atoms with van der Waals surface area (Å²) in [4.78, 5) is 16.1. The van der Waals surface area contributed by atoms with Gasteiger partial charge in [0.15, 0.2) is 0 Å². The molecule has 0 bridgehead atoms. The van der Waals surface area contributed by atoms with Crippen molar-refractivity contribution in [2.75, 3.05) is 32.7 Å². The zero-order chi connectivity index (χ0) is 14.8. The van der Waals surface area contributed by atoms with Crippen LogP contribution >= 0.6 is 0 Å². The van der Waals surface area contributed by atoms with Gasteiger partial charge in [0.2, 0.25) is 0 Å². The zero-order valence-electron chi connectivity index (χ0n) is 13.3. The van der Waals surface area contributed by atoms with E-state index >= 15 is 0 Å². The average molecular weight is 283 g/mol. The topological polar surface area (TPSA) is 44.8 Å². The van der Waals surface area contributed by atoms with Gasteiger partial charge in [0.1, 0.15) is 5.60 Å². The van der Waals surface area contributed by atoms with E-state index in [1.165, 1.54) is 25.9 Å². The fraction of sp³-hybridized carbons (Fsp3) is 0.933. The van der Waals surface area contributed by atoms with Gasteiger partial charge in [0, 0.05) is 25.2 Å². The lowest BCUT2D eigenvalue weighted by atomic mass is 10.0. The van der Waals surface area contributed by atoms with Crippen LogP contribution in [0.3, 0.4) is 0 Å². The third-order valence-corrected chi connectivity index (χ3v) is 4.04. The van der Waals surface area contributed by atoms with Gasteiger partial charge >= 0.3 is 6.09 Å². The molecule has 5 nitrogen and oxygen atoms in total. The van der Waals surface area contributed by atoms with Gasteiger partial charge in [0.25, 0.3) is 0 Å². The van der Waals surface area contributed by atoms with E-state index in [0.29, 0.717) is 12.1 Å². The predicted molar refractivity (Wildman–Crippen MR) is 79.9 cm³/mol. The van der Waals surface area contributed by atoms with Gasteiger partial charge in [-0.3, -0.25) is 0 Å². The lowest BCUT2D eigenvalue weighted by Gasteiger charge is -2.43. The Hall–Kier alpha value is -0.810. The first-order valence-electron chi connectivity index (χ1n) is 7.83. The van der Waals surface area contributed by atoms with E-state index in [0.717, 1.165) is 19.6 Å². The maximum atomic E-state index is 11.8. The summed E-state index contributed by atoms with van der Waals surface area (Å²) in [7, 11) is 0. The van der Waals surface area contributed by atoms with Crippen molar-refractivity contribution in [1.82, 2.24) is 15.1 Å². The van der Waals surface area contributed by atoms with E-state index in [4.69, 9.17) is 4.74 Å². The zero-order valence-corrected chi connectivity index (χ0v) is 13.3. The largest absolute Gasteiger partial charge is 0.444 e. The number of nitrogens with one attached hydrogen (secondary N) is 1. The van der Waals surface area contributed by atoms with Crippen molar-refractivity contribution >= 4 is 6.09 Å². The quantitative estimate of drug-likeness (QED) is 0.856. The van der Waals surface area contributed by atoms with Crippen molar-refractivity contribution < 1.29 is 9.53 Å². The average Bonchev–Trinajstić information content (AvgIpc) is 2.31. The van der Waals surface area contributed by atoms with Crippen molar-refractivity contribution in [3.05, 3.63) is 0 Å². The minimum absolute atomic E-state index is 0.184. The van der Waals surface area contributed by atoms with Crippen molar-refractivity contribution in [3.8, 4) is 0 Å². The summed E-state index contributed by atoms with van der Waals surface area (Å²) in [6.45, 7) is 13.0. The van der Waals surface area contributed by atoms with Crippen LogP contribution in [0, 0.1) is 0 Å². The second-order valence-electron chi connectivity index (χ2n) is 6.96. The van der Waals surface area contributed by atoms with Crippen LogP contribution in [0.4, 0.5) is 4.79 Å². The normalized spacial score (nSPS) is 22.7. The number of hydrogen-bond acceptors (Lipinski definition) is 4. The van der Waals surface area contributed by atoms with Crippen LogP contribution in [0.25, 0.3) is 0 Å². The Morgan fingerprint density at radius 2 is 1.80 bits per heavy atom. The smallest absolute Gasteiger partial charge is 0.410 e. The molecule has 2 saturated heterocycles. The summed E-state index contributed by atoms with van der Waals surface area (Å²) in [6.07, 6.45) is 2.25. The van der Waals surface area contributed by atoms with Gasteiger partial charge in [-0.1, -0.05) is 6.92 Å². The first-order chi connectivity index (χ1) is 9.37. The predicted octanol–water partition coefficient (Wildman–Crippen LogP) is 1.68. The minimum atomic E-state index is -0.400. The molecule has 0 radical (unpaired) electrons. The lowest BCUT2D eigenvalue weighted by molar-refractivity contribution is 0.00318. The Morgan fingerprint density at radius 3 is 2.30 bits per heavy atom. The maximum absolute atomic E-state index is 11.8. The third kappa shape index (κ3) is 4.35. The molecule has 0 spiro atoms. The molecule has 2 aliphatic rings. The van der Waals surface area contributed by atoms with Gasteiger partial charge in [-0.2, -0.15) is 0 Å². The van der Waals surface area contributed by atoms with Gasteiger partial charge in [-0.25, -0.2) is 4.79 Å². The van der Waals surface area contributed by atoms with E-state index in [1.807, 2.05) is 20.8 Å². The van der Waals surface area contributed by atoms with E-state index < -0.39 is 5.60 Å². The van der Waals surface area contributed by atoms with Crippen LogP contribution in [-0.4, -0.2) is 66.3 Å². The van der Waals surface area contributed by atoms with Crippen LogP contribution in [-0.2, 0) is 4.74 Å². The summed E-state index contributed by atoms with van der Waals surface area (Å²) >= 11 is 0. The third-order valence-electron chi connectivity index (χ3n) is 4.04. The van der Waals surface area contributed by atoms with Crippen LogP contribution in [0.15, 0.2) is 0 Å². The Kier molecular flexibility index (Phi) is 4.91. The number of likely N-dealkylation sites (tertiary alicyclic amines) is 2. The number of amides is 1. The highest BCUT2D eigenvalue weighted by Crippen LogP contribution is 2.17. The second-order valence-corrected chi connectivity index (χ2v) is 6.96. The molecule has 0 aromatic rings. The maximum Gasteiger partial charge on any atom is 0.410 e. The standard InChI is InChI=1S/C15H29N3O2/c1-5-17-8-6-12(7-9-17)16-13-10-18(11-13)14(19)20-15(2,3)4/h12-13,16H,5-11H2,1-4H3. The van der Waals surface area contributed by atoms with E-state index in [9.17, 15) is 4.79 Å². The first kappa shape index (κ1) is 15.6. The number of hydrogen-bond donors (Lipinski definition) is 1. The number of nitrogens with zero attached hydrogens (tertiary/aromatic N) is 2. The van der Waals surface area contributed by atoms with Crippen LogP contribution < -0.4 is 5.32 Å². The first-order valence-corrected chi connectivity index (χ1v) is 7.83. The monoisotopic (exact) mass is 283 g/mol. The molecule has 2 aliphatic heterocycles. The highest BCUT2D eigenvalue weighted by molar-refractivity contribution is 5.69. The Labute approximate surface area is 122 Å². The van der Waals surface area contributed by atoms with Gasteiger partial charge in [-0.05, 0) is 53.2 Å². The minimum Gasteiger partial charge on any atom is -0.444 e. The Bertz CT molecular complexity index is 327. The molecule has 2 fully saturated rings. The molecular weight excluding hydrogens is 254 g/mol. The number of carbonyl (C=O) groups excluding carboxylic acids is 1. The fourth-order valence-electron chi connectivity index (χ4n) is 2.81. The van der Waals surface area contributed by atoms with E-state index in [-0.39, 0.29) is 6.09 Å². The molecule has 0 aliphatic carbocycles. The lowest BCUT2D eigenvalue weighted by Crippen LogP contribution is -2.63. The molecular formula is C15H29N3O2. The summed E-state index contributed by atoms with van der Waals surface area (Å²) < 4.78 is 5.36. The number of ether oxygens (including phenoxy) is 1. The Morgan fingerprint density at radius 1 is 1.20 bits per heavy atom. The van der Waals surface area contributed by atoms with Crippen molar-refractivity contribution in [3.63, 3.8) is 0 Å². The summed E-state index contributed by atoms with van der Waals surface area (Å²) in [5.74, 6) is 0. The van der Waals surface area contributed by atoms with Gasteiger partial charge in [0.05, 0.1) is 0 Å². The molecule has 2 heterocycles. The van der Waals surface area contributed by atoms with E-state index in [2.05, 4.69) is 17.1 Å². The molecule has 1 N–H and O–H groups in total. The highest BCUT2D eigenvalue weighted by Gasteiger charge is 2.35. The van der Waals surface area contributed by atoms with E-state index in [1.54, 1.807) is 4.90 Å².